The number of hydrogen-bond donors (Lipinski definition) is 2. The van der Waals surface area contributed by atoms with Crippen molar-refractivity contribution in [1.29, 1.82) is 0 Å². The number of nitrogens with zero attached hydrogens (tertiary/aromatic N) is 3. The minimum atomic E-state index is -4.64. The fourth-order valence-electron chi connectivity index (χ4n) is 2.89. The lowest BCUT2D eigenvalue weighted by Crippen LogP contribution is -2.18. The van der Waals surface area contributed by atoms with Gasteiger partial charge in [-0.2, -0.15) is 13.2 Å². The monoisotopic (exact) mass is 394 g/mol. The fourth-order valence-corrected chi connectivity index (χ4v) is 2.89. The van der Waals surface area contributed by atoms with Crippen molar-refractivity contribution in [3.05, 3.63) is 52.6 Å². The van der Waals surface area contributed by atoms with Crippen molar-refractivity contribution >= 4 is 17.4 Å². The molecule has 0 radical (unpaired) electrons. The van der Waals surface area contributed by atoms with Gasteiger partial charge in [-0.25, -0.2) is 4.98 Å². The Balaban J connectivity index is 2.20. The summed E-state index contributed by atoms with van der Waals surface area (Å²) < 4.78 is 42.8. The van der Waals surface area contributed by atoms with E-state index in [1.807, 2.05) is 0 Å². The van der Waals surface area contributed by atoms with Gasteiger partial charge in [-0.15, -0.1) is 0 Å². The summed E-state index contributed by atoms with van der Waals surface area (Å²) in [6.07, 6.45) is -3.05. The first-order valence-corrected chi connectivity index (χ1v) is 8.40. The Bertz CT molecular complexity index is 1090. The van der Waals surface area contributed by atoms with E-state index < -0.39 is 23.4 Å². The van der Waals surface area contributed by atoms with Crippen LogP contribution in [-0.4, -0.2) is 31.6 Å². The van der Waals surface area contributed by atoms with E-state index in [1.54, 1.807) is 6.07 Å². The second-order valence-electron chi connectivity index (χ2n) is 6.17. The maximum Gasteiger partial charge on any atom is 0.431 e. The molecule has 3 rings (SSSR count). The van der Waals surface area contributed by atoms with E-state index in [2.05, 4.69) is 10.3 Å². The molecule has 0 fully saturated rings. The van der Waals surface area contributed by atoms with Crippen molar-refractivity contribution in [2.24, 2.45) is 7.05 Å². The molecule has 28 heavy (non-hydrogen) atoms. The highest BCUT2D eigenvalue weighted by Gasteiger charge is 2.35. The van der Waals surface area contributed by atoms with Crippen molar-refractivity contribution in [1.82, 2.24) is 14.0 Å². The molecule has 0 saturated heterocycles. The standard InChI is InChI=1S/C18H17F3N4O3/c1-24-10-4-5-11(17(24)28)15-16(22-9-3-8-14(26)27)25-12(18(19,20)21)6-2-7-13(25)23-15/h2,4-7,10,22H,3,8-9H2,1H3,(H,26,27). The molecule has 0 atom stereocenters. The van der Waals surface area contributed by atoms with Gasteiger partial charge >= 0.3 is 12.1 Å². The summed E-state index contributed by atoms with van der Waals surface area (Å²) in [6, 6.07) is 6.66. The molecule has 3 heterocycles. The zero-order valence-electron chi connectivity index (χ0n) is 14.8. The van der Waals surface area contributed by atoms with E-state index >= 15 is 0 Å². The molecule has 0 unspecified atom stereocenters. The highest BCUT2D eigenvalue weighted by Crippen LogP contribution is 2.35. The van der Waals surface area contributed by atoms with Crippen LogP contribution in [0.25, 0.3) is 16.9 Å². The molecule has 10 heteroatoms. The topological polar surface area (TPSA) is 88.6 Å². The van der Waals surface area contributed by atoms with Gasteiger partial charge in [-0.1, -0.05) is 6.07 Å². The molecule has 7 nitrogen and oxygen atoms in total. The number of pyridine rings is 2. The number of aryl methyl sites for hydroxylation is 1. The highest BCUT2D eigenvalue weighted by atomic mass is 19.4. The number of carboxylic acids is 1. The lowest BCUT2D eigenvalue weighted by molar-refractivity contribution is -0.142. The van der Waals surface area contributed by atoms with Gasteiger partial charge in [0.2, 0.25) is 0 Å². The number of aromatic nitrogens is 3. The molecular weight excluding hydrogens is 377 g/mol. The first-order chi connectivity index (χ1) is 13.2. The predicted molar refractivity (Wildman–Crippen MR) is 96.2 cm³/mol. The molecule has 0 aliphatic carbocycles. The molecule has 2 N–H and O–H groups in total. The van der Waals surface area contributed by atoms with Crippen molar-refractivity contribution in [3.63, 3.8) is 0 Å². The van der Waals surface area contributed by atoms with Crippen molar-refractivity contribution in [2.45, 2.75) is 19.0 Å². The van der Waals surface area contributed by atoms with Crippen LogP contribution in [0.2, 0.25) is 0 Å². The molecular formula is C18H17F3N4O3. The number of halogens is 3. The third-order valence-electron chi connectivity index (χ3n) is 4.17. The van der Waals surface area contributed by atoms with Crippen LogP contribution in [0.15, 0.2) is 41.3 Å². The summed E-state index contributed by atoms with van der Waals surface area (Å²) in [5, 5.41) is 11.6. The Labute approximate surface area is 157 Å². The molecule has 3 aromatic rings. The predicted octanol–water partition coefficient (Wildman–Crippen LogP) is 3.00. The third-order valence-corrected chi connectivity index (χ3v) is 4.17. The van der Waals surface area contributed by atoms with Crippen molar-refractivity contribution in [2.75, 3.05) is 11.9 Å². The summed E-state index contributed by atoms with van der Waals surface area (Å²) >= 11 is 0. The number of nitrogens with one attached hydrogen (secondary N) is 1. The molecule has 3 aromatic heterocycles. The summed E-state index contributed by atoms with van der Waals surface area (Å²) in [6.45, 7) is 0.104. The third kappa shape index (κ3) is 3.71. The molecule has 0 bridgehead atoms. The normalized spacial score (nSPS) is 11.7. The number of carbonyl (C=O) groups is 1. The first-order valence-electron chi connectivity index (χ1n) is 8.40. The second-order valence-corrected chi connectivity index (χ2v) is 6.17. The number of rotatable bonds is 6. The number of anilines is 1. The molecule has 0 saturated carbocycles. The molecule has 0 amide bonds. The Morgan fingerprint density at radius 3 is 2.68 bits per heavy atom. The van der Waals surface area contributed by atoms with Gasteiger partial charge in [0.05, 0.1) is 5.56 Å². The minimum Gasteiger partial charge on any atom is -0.481 e. The molecule has 0 spiro atoms. The van der Waals surface area contributed by atoms with Crippen LogP contribution in [0.5, 0.6) is 0 Å². The molecule has 0 aliphatic rings. The van der Waals surface area contributed by atoms with Crippen molar-refractivity contribution in [3.8, 4) is 11.3 Å². The van der Waals surface area contributed by atoms with Gasteiger partial charge in [0.15, 0.2) is 0 Å². The largest absolute Gasteiger partial charge is 0.481 e. The maximum absolute atomic E-state index is 13.5. The van der Waals surface area contributed by atoms with Gasteiger partial charge in [0, 0.05) is 26.2 Å². The minimum absolute atomic E-state index is 0.00314. The van der Waals surface area contributed by atoms with E-state index in [1.165, 1.54) is 36.0 Å². The van der Waals surface area contributed by atoms with Crippen LogP contribution in [0.1, 0.15) is 18.5 Å². The number of imidazole rings is 1. The number of fused-ring (bicyclic) bond motifs is 1. The summed E-state index contributed by atoms with van der Waals surface area (Å²) in [5.41, 5.74) is -1.11. The fraction of sp³-hybridized carbons (Fsp3) is 0.278. The average molecular weight is 394 g/mol. The molecule has 0 aliphatic heterocycles. The smallest absolute Gasteiger partial charge is 0.431 e. The van der Waals surface area contributed by atoms with Crippen molar-refractivity contribution < 1.29 is 23.1 Å². The van der Waals surface area contributed by atoms with E-state index in [0.717, 1.165) is 10.5 Å². The van der Waals surface area contributed by atoms with Gasteiger partial charge in [-0.05, 0) is 30.7 Å². The van der Waals surface area contributed by atoms with Crippen LogP contribution in [-0.2, 0) is 18.0 Å². The summed E-state index contributed by atoms with van der Waals surface area (Å²) in [5.74, 6) is -1.01. The summed E-state index contributed by atoms with van der Waals surface area (Å²) in [4.78, 5) is 27.4. The second kappa shape index (κ2) is 7.37. The van der Waals surface area contributed by atoms with Crippen LogP contribution >= 0.6 is 0 Å². The van der Waals surface area contributed by atoms with Crippen LogP contribution in [0, 0.1) is 0 Å². The highest BCUT2D eigenvalue weighted by molar-refractivity contribution is 5.76. The van der Waals surface area contributed by atoms with Crippen LogP contribution in [0.3, 0.4) is 0 Å². The number of carboxylic acid groups (broad SMARTS) is 1. The SMILES string of the molecule is Cn1cccc(-c2nc3cccc(C(F)(F)F)n3c2NCCCC(=O)O)c1=O. The van der Waals surface area contributed by atoms with Crippen LogP contribution < -0.4 is 10.9 Å². The van der Waals surface area contributed by atoms with E-state index in [9.17, 15) is 22.8 Å². The van der Waals surface area contributed by atoms with Gasteiger partial charge in [-0.3, -0.25) is 14.0 Å². The molecule has 0 aromatic carbocycles. The van der Waals surface area contributed by atoms with Gasteiger partial charge < -0.3 is 15.0 Å². The first kappa shape index (κ1) is 19.5. The Hall–Kier alpha value is -3.30. The van der Waals surface area contributed by atoms with Crippen LogP contribution in [0.4, 0.5) is 19.0 Å². The lowest BCUT2D eigenvalue weighted by atomic mass is 10.2. The Morgan fingerprint density at radius 2 is 2.00 bits per heavy atom. The summed E-state index contributed by atoms with van der Waals surface area (Å²) in [7, 11) is 1.53. The van der Waals surface area contributed by atoms with Gasteiger partial charge in [0.1, 0.15) is 22.9 Å². The maximum atomic E-state index is 13.5. The Kier molecular flexibility index (Phi) is 5.12. The average Bonchev–Trinajstić information content (AvgIpc) is 2.98. The van der Waals surface area contributed by atoms with E-state index in [0.29, 0.717) is 0 Å². The van der Waals surface area contributed by atoms with E-state index in [4.69, 9.17) is 5.11 Å². The number of alkyl halides is 3. The quantitative estimate of drug-likeness (QED) is 0.628. The van der Waals surface area contributed by atoms with Gasteiger partial charge in [0.25, 0.3) is 5.56 Å². The lowest BCUT2D eigenvalue weighted by Gasteiger charge is -2.14. The van der Waals surface area contributed by atoms with E-state index in [-0.39, 0.29) is 42.1 Å². The Morgan fingerprint density at radius 1 is 1.25 bits per heavy atom. The number of aliphatic carboxylic acids is 1. The zero-order chi connectivity index (χ0) is 20.5. The number of hydrogen-bond acceptors (Lipinski definition) is 4. The zero-order valence-corrected chi connectivity index (χ0v) is 14.8. The molecule has 148 valence electrons.